The molecule has 0 amide bonds. The molecule has 4 nitrogen and oxygen atoms in total. The Kier molecular flexibility index (Phi) is 5.08. The molecule has 0 radical (unpaired) electrons. The zero-order valence-electron chi connectivity index (χ0n) is 12.0. The molecular formula is C9H2F15N3O. The van der Waals surface area contributed by atoms with Crippen LogP contribution in [0.4, 0.5) is 71.8 Å². The number of alkyl halides is 15. The monoisotopic (exact) mass is 453 g/mol. The van der Waals surface area contributed by atoms with Crippen LogP contribution in [0.25, 0.3) is 0 Å². The lowest BCUT2D eigenvalue weighted by Gasteiger charge is -2.40. The van der Waals surface area contributed by atoms with Crippen LogP contribution in [0.3, 0.4) is 0 Å². The van der Waals surface area contributed by atoms with E-state index in [1.54, 1.807) is 0 Å². The largest absolute Gasteiger partial charge is 0.460 e. The van der Waals surface area contributed by atoms with Crippen molar-refractivity contribution >= 4 is 5.95 Å². The van der Waals surface area contributed by atoms with Crippen molar-refractivity contribution in [2.24, 2.45) is 0 Å². The molecule has 2 N–H and O–H groups in total. The molecule has 0 unspecified atom stereocenters. The van der Waals surface area contributed by atoms with E-state index in [2.05, 4.69) is 20.4 Å². The Morgan fingerprint density at radius 2 is 0.929 bits per heavy atom. The third-order valence-corrected chi connectivity index (χ3v) is 3.04. The van der Waals surface area contributed by atoms with Crippen LogP contribution in [0, 0.1) is 0 Å². The molecule has 1 aromatic heterocycles. The smallest absolute Gasteiger partial charge is 0.365 e. The van der Waals surface area contributed by atoms with Crippen molar-refractivity contribution in [2.75, 3.05) is 5.73 Å². The number of hydrogen-bond acceptors (Lipinski definition) is 4. The molecule has 1 aromatic rings. The third-order valence-electron chi connectivity index (χ3n) is 3.04. The van der Waals surface area contributed by atoms with Crippen molar-refractivity contribution in [1.82, 2.24) is 10.1 Å². The maximum atomic E-state index is 13.4. The maximum absolute atomic E-state index is 13.4. The molecule has 0 aliphatic rings. The third kappa shape index (κ3) is 2.80. The Balaban J connectivity index is 3.61. The van der Waals surface area contributed by atoms with Crippen molar-refractivity contribution in [1.29, 1.82) is 0 Å². The van der Waals surface area contributed by atoms with Gasteiger partial charge in [0, 0.05) is 0 Å². The van der Waals surface area contributed by atoms with Gasteiger partial charge in [0.05, 0.1) is 0 Å². The SMILES string of the molecule is Nc1noc(C(F)(F)C(F)(F)C(F)(F)C(F)(F)C(F)(F)C(F)(F)C(F)(F)F)n1. The van der Waals surface area contributed by atoms with Gasteiger partial charge in [-0.1, -0.05) is 0 Å². The van der Waals surface area contributed by atoms with Crippen LogP contribution >= 0.6 is 0 Å². The van der Waals surface area contributed by atoms with E-state index in [-0.39, 0.29) is 0 Å². The van der Waals surface area contributed by atoms with Gasteiger partial charge in [0.1, 0.15) is 0 Å². The van der Waals surface area contributed by atoms with Gasteiger partial charge in [-0.3, -0.25) is 0 Å². The molecule has 0 saturated heterocycles. The minimum atomic E-state index is -8.38. The molecule has 164 valence electrons. The van der Waals surface area contributed by atoms with Gasteiger partial charge >= 0.3 is 47.6 Å². The van der Waals surface area contributed by atoms with E-state index < -0.39 is 53.6 Å². The molecular weight excluding hydrogens is 451 g/mol. The number of aromatic nitrogens is 2. The lowest BCUT2D eigenvalue weighted by atomic mass is 9.91. The van der Waals surface area contributed by atoms with Crippen molar-refractivity contribution in [3.63, 3.8) is 0 Å². The Bertz CT molecular complexity index is 721. The summed E-state index contributed by atoms with van der Waals surface area (Å²) < 4.78 is 196. The van der Waals surface area contributed by atoms with Gasteiger partial charge in [-0.2, -0.15) is 70.8 Å². The average molecular weight is 453 g/mol. The summed E-state index contributed by atoms with van der Waals surface area (Å²) in [6, 6.07) is 0. The molecule has 0 atom stereocenters. The molecule has 1 heterocycles. The van der Waals surface area contributed by atoms with E-state index in [0.29, 0.717) is 0 Å². The molecule has 0 fully saturated rings. The Labute approximate surface area is 141 Å². The van der Waals surface area contributed by atoms with Crippen LogP contribution in [0.5, 0.6) is 0 Å². The number of nitrogen functional groups attached to an aromatic ring is 1. The highest BCUT2D eigenvalue weighted by molar-refractivity contribution is 5.18. The van der Waals surface area contributed by atoms with E-state index in [9.17, 15) is 65.9 Å². The molecule has 28 heavy (non-hydrogen) atoms. The van der Waals surface area contributed by atoms with Gasteiger partial charge in [-0.15, -0.1) is 0 Å². The van der Waals surface area contributed by atoms with E-state index >= 15 is 0 Å². The van der Waals surface area contributed by atoms with E-state index in [0.717, 1.165) is 0 Å². The van der Waals surface area contributed by atoms with Gasteiger partial charge in [0.25, 0.3) is 5.95 Å². The summed E-state index contributed by atoms with van der Waals surface area (Å²) in [6.45, 7) is 0. The second-order valence-electron chi connectivity index (χ2n) is 4.90. The predicted molar refractivity (Wildman–Crippen MR) is 53.4 cm³/mol. The topological polar surface area (TPSA) is 64.9 Å². The van der Waals surface area contributed by atoms with Crippen LogP contribution in [0.15, 0.2) is 4.52 Å². The van der Waals surface area contributed by atoms with Crippen LogP contribution in [-0.2, 0) is 5.92 Å². The number of rotatable bonds is 6. The van der Waals surface area contributed by atoms with Crippen LogP contribution in [0.1, 0.15) is 5.89 Å². The molecule has 1 rings (SSSR count). The number of nitrogens with zero attached hydrogens (tertiary/aromatic N) is 2. The Morgan fingerprint density at radius 1 is 0.571 bits per heavy atom. The summed E-state index contributed by atoms with van der Waals surface area (Å²) in [4.78, 5) is 2.07. The van der Waals surface area contributed by atoms with Gasteiger partial charge < -0.3 is 10.3 Å². The second kappa shape index (κ2) is 5.94. The van der Waals surface area contributed by atoms with Crippen LogP contribution in [0.2, 0.25) is 0 Å². The highest BCUT2D eigenvalue weighted by Crippen LogP contribution is 2.63. The minimum absolute atomic E-state index is 1.46. The number of halogens is 15. The van der Waals surface area contributed by atoms with Gasteiger partial charge in [0.15, 0.2) is 0 Å². The fraction of sp³-hybridized carbons (Fsp3) is 0.778. The zero-order valence-corrected chi connectivity index (χ0v) is 12.0. The average Bonchev–Trinajstić information content (AvgIpc) is 2.92. The molecule has 0 aliphatic heterocycles. The fourth-order valence-electron chi connectivity index (χ4n) is 1.46. The second-order valence-corrected chi connectivity index (χ2v) is 4.90. The summed E-state index contributed by atoms with van der Waals surface area (Å²) in [6.07, 6.45) is -7.66. The molecule has 19 heteroatoms. The van der Waals surface area contributed by atoms with Crippen LogP contribution < -0.4 is 5.73 Å². The molecule has 0 spiro atoms. The quantitative estimate of drug-likeness (QED) is 0.646. The first-order valence-corrected chi connectivity index (χ1v) is 5.93. The Hall–Kier alpha value is -2.11. The van der Waals surface area contributed by atoms with Crippen molar-refractivity contribution in [3.8, 4) is 0 Å². The zero-order chi connectivity index (χ0) is 22.8. The standard InChI is InChI=1S/C9H2F15N3O/c10-3(11,1-26-2(25)27-28-1)4(12,13)5(14,15)6(16,17)7(18,19)8(20,21)9(22,23)24/h(H2,25,27). The van der Waals surface area contributed by atoms with Gasteiger partial charge in [-0.25, -0.2) is 0 Å². The molecule has 0 aliphatic carbocycles. The van der Waals surface area contributed by atoms with Gasteiger partial charge in [0.2, 0.25) is 0 Å². The van der Waals surface area contributed by atoms with Crippen molar-refractivity contribution < 1.29 is 70.4 Å². The summed E-state index contributed by atoms with van der Waals surface area (Å²) >= 11 is 0. The highest BCUT2D eigenvalue weighted by atomic mass is 19.4. The number of hydrogen-bond donors (Lipinski definition) is 1. The first kappa shape index (κ1) is 23.9. The summed E-state index contributed by atoms with van der Waals surface area (Å²) in [5.74, 6) is -51.9. The van der Waals surface area contributed by atoms with Crippen molar-refractivity contribution in [3.05, 3.63) is 5.89 Å². The first-order valence-electron chi connectivity index (χ1n) is 5.93. The highest BCUT2D eigenvalue weighted by Gasteiger charge is 2.94. The lowest BCUT2D eigenvalue weighted by molar-refractivity contribution is -0.454. The maximum Gasteiger partial charge on any atom is 0.460 e. The van der Waals surface area contributed by atoms with Crippen molar-refractivity contribution in [2.45, 2.75) is 41.7 Å². The normalized spacial score (nSPS) is 15.8. The predicted octanol–water partition coefficient (Wildman–Crippen LogP) is 4.48. The summed E-state index contributed by atoms with van der Waals surface area (Å²) in [5.41, 5.74) is 4.51. The molecule has 0 bridgehead atoms. The number of nitrogens with two attached hydrogens (primary N) is 1. The van der Waals surface area contributed by atoms with Crippen LogP contribution in [-0.4, -0.2) is 45.9 Å². The summed E-state index contributed by atoms with van der Waals surface area (Å²) in [7, 11) is 0. The minimum Gasteiger partial charge on any atom is -0.365 e. The van der Waals surface area contributed by atoms with Gasteiger partial charge in [-0.05, 0) is 5.16 Å². The fourth-order valence-corrected chi connectivity index (χ4v) is 1.46. The van der Waals surface area contributed by atoms with E-state index in [4.69, 9.17) is 0 Å². The molecule has 0 saturated carbocycles. The summed E-state index contributed by atoms with van der Waals surface area (Å²) in [5, 5.41) is 2.19. The number of anilines is 1. The first-order chi connectivity index (χ1) is 12.0. The Morgan fingerprint density at radius 3 is 1.25 bits per heavy atom. The van der Waals surface area contributed by atoms with E-state index in [1.165, 1.54) is 0 Å². The van der Waals surface area contributed by atoms with E-state index in [1.807, 2.05) is 0 Å². The lowest BCUT2D eigenvalue weighted by Crippen LogP contribution is -2.72. The molecule has 0 aromatic carbocycles.